The maximum Gasteiger partial charge on any atom is 0.325 e. The molecule has 2 aliphatic heterocycles. The summed E-state index contributed by atoms with van der Waals surface area (Å²) in [7, 11) is 0. The molecule has 1 saturated heterocycles. The first-order valence-electron chi connectivity index (χ1n) is 10.4. The van der Waals surface area contributed by atoms with E-state index in [1.165, 1.54) is 0 Å². The molecule has 4 amide bonds. The van der Waals surface area contributed by atoms with E-state index in [-0.39, 0.29) is 25.1 Å². The minimum atomic E-state index is -1.07. The number of ether oxygens (including phenoxy) is 2. The van der Waals surface area contributed by atoms with Crippen LogP contribution in [0.3, 0.4) is 0 Å². The molecule has 1 fully saturated rings. The van der Waals surface area contributed by atoms with E-state index >= 15 is 0 Å². The zero-order valence-corrected chi connectivity index (χ0v) is 16.9. The average Bonchev–Trinajstić information content (AvgIpc) is 3.02. The molecule has 31 heavy (non-hydrogen) atoms. The third-order valence-corrected chi connectivity index (χ3v) is 6.05. The van der Waals surface area contributed by atoms with E-state index in [2.05, 4.69) is 10.6 Å². The number of amides is 4. The average molecular weight is 421 g/mol. The molecule has 0 radical (unpaired) electrons. The van der Waals surface area contributed by atoms with Gasteiger partial charge in [-0.1, -0.05) is 36.4 Å². The SMILES string of the molecule is O=C(CN1C(=O)N[C@]2(CCCc3ccccc32)C1=O)NC[C@@H]1COc2ccccc2O1. The van der Waals surface area contributed by atoms with Gasteiger partial charge in [0.05, 0.1) is 6.54 Å². The third kappa shape index (κ3) is 3.37. The molecular weight excluding hydrogens is 398 g/mol. The fraction of sp³-hybridized carbons (Fsp3) is 0.348. The Morgan fingerprint density at radius 3 is 2.77 bits per heavy atom. The van der Waals surface area contributed by atoms with Crippen molar-refractivity contribution in [1.29, 1.82) is 0 Å². The maximum atomic E-state index is 13.3. The van der Waals surface area contributed by atoms with Crippen LogP contribution in [0.5, 0.6) is 11.5 Å². The van der Waals surface area contributed by atoms with Crippen molar-refractivity contribution in [3.8, 4) is 11.5 Å². The lowest BCUT2D eigenvalue weighted by molar-refractivity contribution is -0.135. The molecule has 0 aromatic heterocycles. The Hall–Kier alpha value is -3.55. The standard InChI is InChI=1S/C23H23N3O5/c27-20(24-12-16-14-30-18-9-3-4-10-19(18)31-16)13-26-21(28)23(25-22(26)29)11-5-7-15-6-1-2-8-17(15)23/h1-4,6,8-10,16H,5,7,11-14H2,(H,24,27)(H,25,29)/t16-,23+/m1/s1. The second-order valence-corrected chi connectivity index (χ2v) is 8.04. The fourth-order valence-electron chi connectivity index (χ4n) is 4.55. The van der Waals surface area contributed by atoms with Crippen LogP contribution in [0.25, 0.3) is 0 Å². The van der Waals surface area contributed by atoms with Crippen molar-refractivity contribution >= 4 is 17.8 Å². The number of carbonyl (C=O) groups excluding carboxylic acids is 3. The predicted octanol–water partition coefficient (Wildman–Crippen LogP) is 1.73. The first kappa shape index (κ1) is 19.4. The van der Waals surface area contributed by atoms with Crippen molar-refractivity contribution in [3.05, 3.63) is 59.7 Å². The first-order chi connectivity index (χ1) is 15.1. The lowest BCUT2D eigenvalue weighted by Gasteiger charge is -2.33. The van der Waals surface area contributed by atoms with Gasteiger partial charge in [-0.15, -0.1) is 0 Å². The molecule has 2 aromatic carbocycles. The molecule has 0 unspecified atom stereocenters. The highest BCUT2D eigenvalue weighted by Gasteiger charge is 2.54. The van der Waals surface area contributed by atoms with Crippen LogP contribution in [0.1, 0.15) is 24.0 Å². The number of aryl methyl sites for hydroxylation is 1. The molecule has 0 bridgehead atoms. The van der Waals surface area contributed by atoms with Crippen LogP contribution in [0.4, 0.5) is 4.79 Å². The Morgan fingerprint density at radius 1 is 1.13 bits per heavy atom. The van der Waals surface area contributed by atoms with Crippen molar-refractivity contribution in [2.75, 3.05) is 19.7 Å². The number of para-hydroxylation sites is 2. The van der Waals surface area contributed by atoms with Gasteiger partial charge in [-0.2, -0.15) is 0 Å². The number of nitrogens with zero attached hydrogens (tertiary/aromatic N) is 1. The van der Waals surface area contributed by atoms with Gasteiger partial charge in [0.2, 0.25) is 5.91 Å². The van der Waals surface area contributed by atoms with Gasteiger partial charge in [-0.25, -0.2) is 4.79 Å². The summed E-state index contributed by atoms with van der Waals surface area (Å²) >= 11 is 0. The van der Waals surface area contributed by atoms with Crippen molar-refractivity contribution < 1.29 is 23.9 Å². The summed E-state index contributed by atoms with van der Waals surface area (Å²) in [6.07, 6.45) is 1.84. The van der Waals surface area contributed by atoms with Crippen molar-refractivity contribution in [2.45, 2.75) is 30.9 Å². The van der Waals surface area contributed by atoms with Crippen molar-refractivity contribution in [2.24, 2.45) is 0 Å². The van der Waals surface area contributed by atoms with Crippen molar-refractivity contribution in [1.82, 2.24) is 15.5 Å². The Morgan fingerprint density at radius 2 is 1.90 bits per heavy atom. The van der Waals surface area contributed by atoms with Gasteiger partial charge in [0.1, 0.15) is 24.8 Å². The Labute approximate surface area is 179 Å². The van der Waals surface area contributed by atoms with E-state index in [0.29, 0.717) is 24.5 Å². The minimum Gasteiger partial charge on any atom is -0.486 e. The summed E-state index contributed by atoms with van der Waals surface area (Å²) in [5.74, 6) is 0.501. The van der Waals surface area contributed by atoms with Gasteiger partial charge in [-0.3, -0.25) is 14.5 Å². The molecule has 2 N–H and O–H groups in total. The van der Waals surface area contributed by atoms with E-state index in [9.17, 15) is 14.4 Å². The Kier molecular flexibility index (Phi) is 4.77. The van der Waals surface area contributed by atoms with Crippen LogP contribution in [0, 0.1) is 0 Å². The zero-order chi connectivity index (χ0) is 21.4. The lowest BCUT2D eigenvalue weighted by atomic mass is 9.76. The second kappa shape index (κ2) is 7.61. The molecule has 2 heterocycles. The monoisotopic (exact) mass is 421 g/mol. The quantitative estimate of drug-likeness (QED) is 0.733. The summed E-state index contributed by atoms with van der Waals surface area (Å²) in [6.45, 7) is 0.184. The molecule has 3 aliphatic rings. The van der Waals surface area contributed by atoms with Crippen LogP contribution in [-0.2, 0) is 21.5 Å². The van der Waals surface area contributed by atoms with Crippen molar-refractivity contribution in [3.63, 3.8) is 0 Å². The van der Waals surface area contributed by atoms with E-state index < -0.39 is 17.5 Å². The van der Waals surface area contributed by atoms with Crippen LogP contribution < -0.4 is 20.1 Å². The number of hydrogen-bond acceptors (Lipinski definition) is 5. The number of rotatable bonds is 4. The number of imide groups is 1. The summed E-state index contributed by atoms with van der Waals surface area (Å²) < 4.78 is 11.5. The number of carbonyl (C=O) groups is 3. The number of nitrogens with one attached hydrogen (secondary N) is 2. The van der Waals surface area contributed by atoms with Gasteiger partial charge in [0.15, 0.2) is 11.5 Å². The number of hydrogen-bond donors (Lipinski definition) is 2. The van der Waals surface area contributed by atoms with E-state index in [0.717, 1.165) is 28.9 Å². The van der Waals surface area contributed by atoms with Gasteiger partial charge >= 0.3 is 6.03 Å². The molecule has 2 atom stereocenters. The summed E-state index contributed by atoms with van der Waals surface area (Å²) in [4.78, 5) is 39.4. The molecule has 5 rings (SSSR count). The summed E-state index contributed by atoms with van der Waals surface area (Å²) in [5.41, 5.74) is 0.813. The molecule has 8 nitrogen and oxygen atoms in total. The summed E-state index contributed by atoms with van der Waals surface area (Å²) in [5, 5.41) is 5.60. The topological polar surface area (TPSA) is 97.0 Å². The normalized spacial score (nSPS) is 24.0. The van der Waals surface area contributed by atoms with Gasteiger partial charge in [0.25, 0.3) is 5.91 Å². The van der Waals surface area contributed by atoms with E-state index in [1.807, 2.05) is 42.5 Å². The second-order valence-electron chi connectivity index (χ2n) is 8.04. The van der Waals surface area contributed by atoms with Crippen LogP contribution in [-0.4, -0.2) is 48.5 Å². The van der Waals surface area contributed by atoms with E-state index in [1.54, 1.807) is 6.07 Å². The Bertz CT molecular complexity index is 1060. The largest absolute Gasteiger partial charge is 0.486 e. The highest BCUT2D eigenvalue weighted by molar-refractivity contribution is 6.09. The number of fused-ring (bicyclic) bond motifs is 3. The minimum absolute atomic E-state index is 0.213. The third-order valence-electron chi connectivity index (χ3n) is 6.05. The summed E-state index contributed by atoms with van der Waals surface area (Å²) in [6, 6.07) is 14.5. The molecule has 0 saturated carbocycles. The fourth-order valence-corrected chi connectivity index (χ4v) is 4.55. The molecule has 8 heteroatoms. The maximum absolute atomic E-state index is 13.3. The molecule has 1 spiro atoms. The highest BCUT2D eigenvalue weighted by Crippen LogP contribution is 2.39. The first-order valence-corrected chi connectivity index (χ1v) is 10.4. The lowest BCUT2D eigenvalue weighted by Crippen LogP contribution is -2.48. The number of urea groups is 1. The van der Waals surface area contributed by atoms with Gasteiger partial charge < -0.3 is 20.1 Å². The number of benzene rings is 2. The molecule has 1 aliphatic carbocycles. The molecule has 160 valence electrons. The van der Waals surface area contributed by atoms with Gasteiger partial charge in [0, 0.05) is 0 Å². The molecular formula is C23H23N3O5. The van der Waals surface area contributed by atoms with Crippen LogP contribution in [0.2, 0.25) is 0 Å². The smallest absolute Gasteiger partial charge is 0.325 e. The van der Waals surface area contributed by atoms with E-state index in [4.69, 9.17) is 9.47 Å². The predicted molar refractivity (Wildman–Crippen MR) is 111 cm³/mol. The molecule has 2 aromatic rings. The Balaban J connectivity index is 1.23. The van der Waals surface area contributed by atoms with Gasteiger partial charge in [-0.05, 0) is 42.5 Å². The zero-order valence-electron chi connectivity index (χ0n) is 16.9. The highest BCUT2D eigenvalue weighted by atomic mass is 16.6. The van der Waals surface area contributed by atoms with Crippen LogP contribution >= 0.6 is 0 Å². The van der Waals surface area contributed by atoms with Crippen LogP contribution in [0.15, 0.2) is 48.5 Å².